The molecule has 0 spiro atoms. The summed E-state index contributed by atoms with van der Waals surface area (Å²) >= 11 is 11.7. The second-order valence-electron chi connectivity index (χ2n) is 5.29. The van der Waals surface area contributed by atoms with E-state index in [2.05, 4.69) is 4.98 Å². The number of halogens is 2. The molecule has 0 unspecified atom stereocenters. The van der Waals surface area contributed by atoms with E-state index >= 15 is 0 Å². The van der Waals surface area contributed by atoms with Crippen molar-refractivity contribution in [3.8, 4) is 0 Å². The van der Waals surface area contributed by atoms with Crippen molar-refractivity contribution < 1.29 is 14.3 Å². The van der Waals surface area contributed by atoms with E-state index in [-0.39, 0.29) is 12.4 Å². The van der Waals surface area contributed by atoms with Crippen molar-refractivity contribution in [2.24, 2.45) is 0 Å². The van der Waals surface area contributed by atoms with Gasteiger partial charge in [0.2, 0.25) is 5.78 Å². The van der Waals surface area contributed by atoms with Gasteiger partial charge >= 0.3 is 5.97 Å². The highest BCUT2D eigenvalue weighted by molar-refractivity contribution is 6.42. The molecule has 1 N–H and O–H groups in total. The molecule has 0 aliphatic heterocycles. The van der Waals surface area contributed by atoms with Crippen molar-refractivity contribution >= 4 is 51.9 Å². The molecule has 4 nitrogen and oxygen atoms in total. The zero-order valence-corrected chi connectivity index (χ0v) is 14.5. The maximum atomic E-state index is 12.2. The summed E-state index contributed by atoms with van der Waals surface area (Å²) in [5, 5.41) is 1.63. The number of carbonyl (C=O) groups is 2. The van der Waals surface area contributed by atoms with E-state index in [1.54, 1.807) is 30.5 Å². The maximum Gasteiger partial charge on any atom is 0.331 e. The molecule has 0 aliphatic carbocycles. The number of esters is 1. The lowest BCUT2D eigenvalue weighted by molar-refractivity contribution is -0.136. The Kier molecular flexibility index (Phi) is 5.22. The number of hydrogen-bond donors (Lipinski definition) is 1. The number of carbonyl (C=O) groups excluding carboxylic acids is 2. The van der Waals surface area contributed by atoms with Gasteiger partial charge < -0.3 is 9.72 Å². The highest BCUT2D eigenvalue weighted by Crippen LogP contribution is 2.23. The third kappa shape index (κ3) is 4.10. The van der Waals surface area contributed by atoms with Crippen LogP contribution in [0.3, 0.4) is 0 Å². The van der Waals surface area contributed by atoms with Crippen LogP contribution in [-0.4, -0.2) is 23.3 Å². The zero-order valence-electron chi connectivity index (χ0n) is 13.0. The van der Waals surface area contributed by atoms with Gasteiger partial charge in [0.1, 0.15) is 0 Å². The first-order valence-corrected chi connectivity index (χ1v) is 8.19. The smallest absolute Gasteiger partial charge is 0.331 e. The summed E-state index contributed by atoms with van der Waals surface area (Å²) in [6.07, 6.45) is 4.40. The molecule has 1 aromatic heterocycles. The Bertz CT molecular complexity index is 976. The number of ether oxygens (including phenoxy) is 1. The molecule has 0 amide bonds. The Hall–Kier alpha value is -2.56. The molecule has 0 saturated carbocycles. The summed E-state index contributed by atoms with van der Waals surface area (Å²) in [6.45, 7) is -0.327. The topological polar surface area (TPSA) is 59.2 Å². The maximum absolute atomic E-state index is 12.2. The molecule has 0 saturated heterocycles. The van der Waals surface area contributed by atoms with Crippen LogP contribution in [0.5, 0.6) is 0 Å². The minimum Gasteiger partial charge on any atom is -0.454 e. The molecule has 0 radical (unpaired) electrons. The van der Waals surface area contributed by atoms with E-state index in [4.69, 9.17) is 27.9 Å². The lowest BCUT2D eigenvalue weighted by atomic mass is 10.1. The molecular formula is C19H13Cl2NO3. The predicted octanol–water partition coefficient (Wildman–Crippen LogP) is 4.91. The summed E-state index contributed by atoms with van der Waals surface area (Å²) in [5.41, 5.74) is 2.06. The number of hydrogen-bond acceptors (Lipinski definition) is 3. The van der Waals surface area contributed by atoms with Gasteiger partial charge in [-0.05, 0) is 29.8 Å². The number of aromatic nitrogens is 1. The Morgan fingerprint density at radius 1 is 1.08 bits per heavy atom. The molecule has 0 bridgehead atoms. The van der Waals surface area contributed by atoms with Crippen molar-refractivity contribution in [3.05, 3.63) is 75.9 Å². The highest BCUT2D eigenvalue weighted by atomic mass is 35.5. The van der Waals surface area contributed by atoms with Crippen LogP contribution in [-0.2, 0) is 9.53 Å². The van der Waals surface area contributed by atoms with Crippen LogP contribution in [0.2, 0.25) is 10.0 Å². The third-order valence-corrected chi connectivity index (χ3v) is 4.33. The fourth-order valence-electron chi connectivity index (χ4n) is 2.35. The molecule has 126 valence electrons. The number of nitrogens with one attached hydrogen (secondary N) is 1. The SMILES string of the molecule is O=C(C=Cc1ccc(Cl)c(Cl)c1)OCC(=O)c1c[nH]c2ccccc12. The van der Waals surface area contributed by atoms with Crippen molar-refractivity contribution in [2.45, 2.75) is 0 Å². The molecule has 1 heterocycles. The average Bonchev–Trinajstić information content (AvgIpc) is 3.05. The van der Waals surface area contributed by atoms with Gasteiger partial charge in [-0.2, -0.15) is 0 Å². The quantitative estimate of drug-likeness (QED) is 0.392. The number of aromatic amines is 1. The Labute approximate surface area is 154 Å². The standard InChI is InChI=1S/C19H13Cl2NO3/c20-15-7-5-12(9-16(15)21)6-8-19(24)25-11-18(23)14-10-22-17-4-2-1-3-13(14)17/h1-10,22H,11H2. The summed E-state index contributed by atoms with van der Waals surface area (Å²) in [4.78, 5) is 27.0. The Morgan fingerprint density at radius 2 is 1.88 bits per heavy atom. The third-order valence-electron chi connectivity index (χ3n) is 3.59. The molecule has 0 atom stereocenters. The van der Waals surface area contributed by atoms with Crippen LogP contribution in [0.15, 0.2) is 54.7 Å². The number of fused-ring (bicyclic) bond motifs is 1. The minimum absolute atomic E-state index is 0.270. The van der Waals surface area contributed by atoms with Crippen LogP contribution >= 0.6 is 23.2 Å². The number of rotatable bonds is 5. The average molecular weight is 374 g/mol. The largest absolute Gasteiger partial charge is 0.454 e. The number of Topliss-reactive ketones (excluding diaryl/α,β-unsaturated/α-hetero) is 1. The monoisotopic (exact) mass is 373 g/mol. The lowest BCUT2D eigenvalue weighted by Crippen LogP contribution is -2.12. The molecular weight excluding hydrogens is 361 g/mol. The van der Waals surface area contributed by atoms with E-state index in [1.807, 2.05) is 24.3 Å². The van der Waals surface area contributed by atoms with Gasteiger partial charge in [0.25, 0.3) is 0 Å². The van der Waals surface area contributed by atoms with Crippen molar-refractivity contribution in [1.82, 2.24) is 4.98 Å². The van der Waals surface area contributed by atoms with Gasteiger partial charge in [-0.25, -0.2) is 4.79 Å². The molecule has 0 fully saturated rings. The van der Waals surface area contributed by atoms with Gasteiger partial charge in [-0.15, -0.1) is 0 Å². The lowest BCUT2D eigenvalue weighted by Gasteiger charge is -2.01. The summed E-state index contributed by atoms with van der Waals surface area (Å²) in [5.74, 6) is -0.881. The molecule has 25 heavy (non-hydrogen) atoms. The second kappa shape index (κ2) is 7.55. The van der Waals surface area contributed by atoms with Crippen LogP contribution in [0, 0.1) is 0 Å². The molecule has 2 aromatic carbocycles. The Balaban J connectivity index is 1.61. The van der Waals surface area contributed by atoms with Gasteiger partial charge in [0.05, 0.1) is 10.0 Å². The van der Waals surface area contributed by atoms with Crippen LogP contribution in [0.25, 0.3) is 17.0 Å². The zero-order chi connectivity index (χ0) is 17.8. The van der Waals surface area contributed by atoms with Crippen LogP contribution < -0.4 is 0 Å². The van der Waals surface area contributed by atoms with Gasteiger partial charge in [0, 0.05) is 28.7 Å². The second-order valence-corrected chi connectivity index (χ2v) is 6.10. The van der Waals surface area contributed by atoms with E-state index in [9.17, 15) is 9.59 Å². The van der Waals surface area contributed by atoms with Gasteiger partial charge in [-0.1, -0.05) is 47.5 Å². The number of H-pyrrole nitrogens is 1. The molecule has 3 aromatic rings. The number of benzene rings is 2. The summed E-state index contributed by atoms with van der Waals surface area (Å²) in [7, 11) is 0. The predicted molar refractivity (Wildman–Crippen MR) is 99.1 cm³/mol. The normalized spacial score (nSPS) is 11.1. The van der Waals surface area contributed by atoms with E-state index in [0.717, 1.165) is 10.9 Å². The van der Waals surface area contributed by atoms with Gasteiger partial charge in [-0.3, -0.25) is 4.79 Å². The highest BCUT2D eigenvalue weighted by Gasteiger charge is 2.13. The van der Waals surface area contributed by atoms with Crippen molar-refractivity contribution in [1.29, 1.82) is 0 Å². The minimum atomic E-state index is -0.612. The summed E-state index contributed by atoms with van der Waals surface area (Å²) in [6, 6.07) is 12.4. The summed E-state index contributed by atoms with van der Waals surface area (Å²) < 4.78 is 5.00. The van der Waals surface area contributed by atoms with Gasteiger partial charge in [0.15, 0.2) is 6.61 Å². The first-order valence-electron chi connectivity index (χ1n) is 7.44. The molecule has 3 rings (SSSR count). The fraction of sp³-hybridized carbons (Fsp3) is 0.0526. The first-order chi connectivity index (χ1) is 12.0. The Morgan fingerprint density at radius 3 is 2.68 bits per heavy atom. The van der Waals surface area contributed by atoms with Crippen molar-refractivity contribution in [3.63, 3.8) is 0 Å². The van der Waals surface area contributed by atoms with E-state index in [1.165, 1.54) is 6.08 Å². The van der Waals surface area contributed by atoms with Crippen molar-refractivity contribution in [2.75, 3.05) is 6.61 Å². The fourth-order valence-corrected chi connectivity index (χ4v) is 2.65. The van der Waals surface area contributed by atoms with Crippen LogP contribution in [0.4, 0.5) is 0 Å². The first kappa shape index (κ1) is 17.3. The number of ketones is 1. The van der Waals surface area contributed by atoms with E-state index in [0.29, 0.717) is 21.2 Å². The molecule has 6 heteroatoms. The van der Waals surface area contributed by atoms with E-state index < -0.39 is 5.97 Å². The van der Waals surface area contributed by atoms with Crippen LogP contribution in [0.1, 0.15) is 15.9 Å². The number of para-hydroxylation sites is 1. The molecule has 0 aliphatic rings.